The Kier molecular flexibility index (Phi) is 5.31. The maximum absolute atomic E-state index is 12.5. The number of hydrogen-bond donors (Lipinski definition) is 1. The molecule has 0 bridgehead atoms. The van der Waals surface area contributed by atoms with E-state index in [-0.39, 0.29) is 18.5 Å². The third-order valence-corrected chi connectivity index (χ3v) is 4.88. The standard InChI is InChI=1S/C18H24N4O3/c1-21-16-14(10-7-11-19-16)22(18(25)17(21)24)12-15(23)20-13-8-5-3-2-4-6-9-13/h7,10-11,13H,2-6,8-9,12H2,1H3,(H,20,23). The van der Waals surface area contributed by atoms with Crippen molar-refractivity contribution in [2.75, 3.05) is 0 Å². The molecule has 0 unspecified atom stereocenters. The van der Waals surface area contributed by atoms with Crippen LogP contribution in [0.2, 0.25) is 0 Å². The first-order chi connectivity index (χ1) is 12.1. The Labute approximate surface area is 145 Å². The Morgan fingerprint density at radius 3 is 2.56 bits per heavy atom. The average molecular weight is 344 g/mol. The molecule has 134 valence electrons. The second kappa shape index (κ2) is 7.63. The lowest BCUT2D eigenvalue weighted by molar-refractivity contribution is -0.122. The molecule has 2 aromatic heterocycles. The zero-order valence-electron chi connectivity index (χ0n) is 14.5. The van der Waals surface area contributed by atoms with Crippen LogP contribution in [-0.4, -0.2) is 26.1 Å². The van der Waals surface area contributed by atoms with Gasteiger partial charge in [-0.2, -0.15) is 0 Å². The lowest BCUT2D eigenvalue weighted by atomic mass is 9.97. The summed E-state index contributed by atoms with van der Waals surface area (Å²) in [5, 5.41) is 3.03. The summed E-state index contributed by atoms with van der Waals surface area (Å²) in [6.45, 7) is -0.159. The number of carbonyl (C=O) groups excluding carboxylic acids is 1. The van der Waals surface area contributed by atoms with Crippen molar-refractivity contribution in [3.05, 3.63) is 39.0 Å². The molecule has 1 aliphatic carbocycles. The quantitative estimate of drug-likeness (QED) is 0.851. The maximum Gasteiger partial charge on any atom is 0.317 e. The number of rotatable bonds is 3. The lowest BCUT2D eigenvalue weighted by Gasteiger charge is -2.21. The first kappa shape index (κ1) is 17.4. The van der Waals surface area contributed by atoms with Crippen molar-refractivity contribution in [3.63, 3.8) is 0 Å². The third kappa shape index (κ3) is 3.81. The number of fused-ring (bicyclic) bond motifs is 1. The van der Waals surface area contributed by atoms with Gasteiger partial charge in [-0.15, -0.1) is 0 Å². The van der Waals surface area contributed by atoms with Gasteiger partial charge in [0, 0.05) is 19.3 Å². The number of amides is 1. The molecule has 1 aliphatic rings. The van der Waals surface area contributed by atoms with Crippen LogP contribution in [0.1, 0.15) is 44.9 Å². The van der Waals surface area contributed by atoms with Crippen molar-refractivity contribution < 1.29 is 4.79 Å². The SMILES string of the molecule is Cn1c(=O)c(=O)n(CC(=O)NC2CCCCCCC2)c2cccnc21. The van der Waals surface area contributed by atoms with E-state index in [1.807, 2.05) is 0 Å². The minimum Gasteiger partial charge on any atom is -0.352 e. The minimum absolute atomic E-state index is 0.152. The molecule has 0 aromatic carbocycles. The fourth-order valence-corrected chi connectivity index (χ4v) is 3.50. The molecule has 0 spiro atoms. The van der Waals surface area contributed by atoms with Crippen LogP contribution in [0.3, 0.4) is 0 Å². The molecule has 0 atom stereocenters. The Bertz CT molecular complexity index is 876. The summed E-state index contributed by atoms with van der Waals surface area (Å²) in [7, 11) is 1.51. The number of aromatic nitrogens is 3. The normalized spacial score (nSPS) is 16.4. The molecule has 3 rings (SSSR count). The van der Waals surface area contributed by atoms with E-state index >= 15 is 0 Å². The van der Waals surface area contributed by atoms with Crippen molar-refractivity contribution >= 4 is 17.1 Å². The van der Waals surface area contributed by atoms with Crippen LogP contribution in [0, 0.1) is 0 Å². The van der Waals surface area contributed by atoms with Gasteiger partial charge in [0.05, 0.1) is 5.52 Å². The molecule has 1 saturated carbocycles. The second-order valence-electron chi connectivity index (χ2n) is 6.71. The summed E-state index contributed by atoms with van der Waals surface area (Å²) in [6.07, 6.45) is 9.41. The van der Waals surface area contributed by atoms with Gasteiger partial charge >= 0.3 is 11.1 Å². The predicted octanol–water partition coefficient (Wildman–Crippen LogP) is 1.32. The van der Waals surface area contributed by atoms with Crippen molar-refractivity contribution in [1.82, 2.24) is 19.4 Å². The van der Waals surface area contributed by atoms with E-state index in [0.29, 0.717) is 11.2 Å². The smallest absolute Gasteiger partial charge is 0.317 e. The van der Waals surface area contributed by atoms with E-state index in [0.717, 1.165) is 25.7 Å². The molecule has 2 heterocycles. The van der Waals surface area contributed by atoms with Gasteiger partial charge in [-0.3, -0.25) is 23.5 Å². The summed E-state index contributed by atoms with van der Waals surface area (Å²) in [6, 6.07) is 3.54. The fraction of sp³-hybridized carbons (Fsp3) is 0.556. The monoisotopic (exact) mass is 344 g/mol. The van der Waals surface area contributed by atoms with Crippen LogP contribution >= 0.6 is 0 Å². The van der Waals surface area contributed by atoms with E-state index < -0.39 is 11.1 Å². The van der Waals surface area contributed by atoms with Gasteiger partial charge in [0.1, 0.15) is 6.54 Å². The predicted molar refractivity (Wildman–Crippen MR) is 95.5 cm³/mol. The molecule has 1 amide bonds. The van der Waals surface area contributed by atoms with Crippen LogP contribution in [0.4, 0.5) is 0 Å². The van der Waals surface area contributed by atoms with E-state index in [1.165, 1.54) is 35.4 Å². The fourth-order valence-electron chi connectivity index (χ4n) is 3.50. The average Bonchev–Trinajstić information content (AvgIpc) is 2.59. The van der Waals surface area contributed by atoms with Crippen LogP contribution < -0.4 is 16.4 Å². The Balaban J connectivity index is 1.84. The van der Waals surface area contributed by atoms with Crippen LogP contribution in [-0.2, 0) is 18.4 Å². The van der Waals surface area contributed by atoms with Gasteiger partial charge in [-0.1, -0.05) is 32.1 Å². The molecule has 7 heteroatoms. The first-order valence-electron chi connectivity index (χ1n) is 8.92. The van der Waals surface area contributed by atoms with Gasteiger partial charge in [-0.25, -0.2) is 4.98 Å². The van der Waals surface area contributed by atoms with Gasteiger partial charge in [-0.05, 0) is 25.0 Å². The molecular weight excluding hydrogens is 320 g/mol. The van der Waals surface area contributed by atoms with E-state index in [1.54, 1.807) is 18.3 Å². The zero-order chi connectivity index (χ0) is 17.8. The van der Waals surface area contributed by atoms with Crippen molar-refractivity contribution in [2.45, 2.75) is 57.5 Å². The maximum atomic E-state index is 12.5. The third-order valence-electron chi connectivity index (χ3n) is 4.88. The molecule has 0 aliphatic heterocycles. The van der Waals surface area contributed by atoms with Gasteiger partial charge < -0.3 is 5.32 Å². The summed E-state index contributed by atoms with van der Waals surface area (Å²) >= 11 is 0. The van der Waals surface area contributed by atoms with Gasteiger partial charge in [0.25, 0.3) is 0 Å². The summed E-state index contributed by atoms with van der Waals surface area (Å²) in [4.78, 5) is 41.1. The number of nitrogens with one attached hydrogen (secondary N) is 1. The highest BCUT2D eigenvalue weighted by Gasteiger charge is 2.17. The number of pyridine rings is 1. The molecule has 0 radical (unpaired) electrons. The Morgan fingerprint density at radius 1 is 1.16 bits per heavy atom. The molecule has 1 fully saturated rings. The molecular formula is C18H24N4O3. The highest BCUT2D eigenvalue weighted by Crippen LogP contribution is 2.17. The zero-order valence-corrected chi connectivity index (χ0v) is 14.5. The number of hydrogen-bond acceptors (Lipinski definition) is 4. The Hall–Kier alpha value is -2.44. The minimum atomic E-state index is -0.698. The second-order valence-corrected chi connectivity index (χ2v) is 6.71. The van der Waals surface area contributed by atoms with Crippen LogP contribution in [0.15, 0.2) is 27.9 Å². The molecule has 1 N–H and O–H groups in total. The van der Waals surface area contributed by atoms with E-state index in [2.05, 4.69) is 10.3 Å². The highest BCUT2D eigenvalue weighted by atomic mass is 16.2. The number of nitrogens with zero attached hydrogens (tertiary/aromatic N) is 3. The van der Waals surface area contributed by atoms with E-state index in [4.69, 9.17) is 0 Å². The van der Waals surface area contributed by atoms with Crippen molar-refractivity contribution in [2.24, 2.45) is 7.05 Å². The Morgan fingerprint density at radius 2 is 1.84 bits per heavy atom. The first-order valence-corrected chi connectivity index (χ1v) is 8.92. The van der Waals surface area contributed by atoms with Crippen LogP contribution in [0.5, 0.6) is 0 Å². The number of aryl methyl sites for hydroxylation is 1. The van der Waals surface area contributed by atoms with Gasteiger partial charge in [0.2, 0.25) is 5.91 Å². The summed E-state index contributed by atoms with van der Waals surface area (Å²) < 4.78 is 2.45. The molecule has 25 heavy (non-hydrogen) atoms. The van der Waals surface area contributed by atoms with Crippen LogP contribution in [0.25, 0.3) is 11.2 Å². The number of carbonyl (C=O) groups is 1. The molecule has 7 nitrogen and oxygen atoms in total. The summed E-state index contributed by atoms with van der Waals surface area (Å²) in [5.74, 6) is -0.230. The van der Waals surface area contributed by atoms with Crippen molar-refractivity contribution in [1.29, 1.82) is 0 Å². The topological polar surface area (TPSA) is 86.0 Å². The van der Waals surface area contributed by atoms with E-state index in [9.17, 15) is 14.4 Å². The largest absolute Gasteiger partial charge is 0.352 e. The summed E-state index contributed by atoms with van der Waals surface area (Å²) in [5.41, 5.74) is -0.492. The highest BCUT2D eigenvalue weighted by molar-refractivity contribution is 5.79. The lowest BCUT2D eigenvalue weighted by Crippen LogP contribution is -2.45. The van der Waals surface area contributed by atoms with Crippen molar-refractivity contribution in [3.8, 4) is 0 Å². The molecule has 2 aromatic rings. The van der Waals surface area contributed by atoms with Gasteiger partial charge in [0.15, 0.2) is 5.65 Å². The molecule has 0 saturated heterocycles.